The molecule has 21 heavy (non-hydrogen) atoms. The van der Waals surface area contributed by atoms with Crippen molar-refractivity contribution >= 4 is 34.0 Å². The summed E-state index contributed by atoms with van der Waals surface area (Å²) in [7, 11) is 0. The third-order valence-electron chi connectivity index (χ3n) is 2.76. The molecular weight excluding hydrogens is 290 g/mol. The second-order valence-corrected chi connectivity index (χ2v) is 5.07. The minimum atomic E-state index is -1.11. The van der Waals surface area contributed by atoms with Crippen molar-refractivity contribution in [3.8, 4) is 6.07 Å². The van der Waals surface area contributed by atoms with Gasteiger partial charge in [0, 0.05) is 0 Å². The summed E-state index contributed by atoms with van der Waals surface area (Å²) in [6.07, 6.45) is 0. The van der Waals surface area contributed by atoms with Crippen LogP contribution in [0.5, 0.6) is 0 Å². The number of carboxylic acids is 1. The van der Waals surface area contributed by atoms with Crippen molar-refractivity contribution in [2.45, 2.75) is 6.92 Å². The van der Waals surface area contributed by atoms with Crippen LogP contribution in [0.25, 0.3) is 0 Å². The van der Waals surface area contributed by atoms with E-state index < -0.39 is 12.0 Å². The number of carbonyl (C=O) groups excluding carboxylic acids is 1. The Hall–Kier alpha value is -2.85. The lowest BCUT2D eigenvalue weighted by Crippen LogP contribution is -2.20. The zero-order valence-electron chi connectivity index (χ0n) is 11.0. The maximum atomic E-state index is 11.9. The number of aryl methyl sites for hydroxylation is 1. The maximum Gasteiger partial charge on any atom is 0.338 e. The summed E-state index contributed by atoms with van der Waals surface area (Å²) in [4.78, 5) is 22.9. The van der Waals surface area contributed by atoms with E-state index in [4.69, 9.17) is 10.4 Å². The quantitative estimate of drug-likeness (QED) is 0.809. The van der Waals surface area contributed by atoms with Crippen LogP contribution in [-0.4, -0.2) is 17.1 Å². The standard InChI is InChI=1S/C14H11N3O3S/c1-8-3-2-4-11(10(8)7-15)16-14(20)17-12-9(13(18)19)5-6-21-12/h2-6H,1H3,(H,18,19)(H2,16,17,20). The summed E-state index contributed by atoms with van der Waals surface area (Å²) < 4.78 is 0. The molecule has 0 bridgehead atoms. The molecule has 7 heteroatoms. The van der Waals surface area contributed by atoms with Crippen molar-refractivity contribution in [3.63, 3.8) is 0 Å². The van der Waals surface area contributed by atoms with Gasteiger partial charge in [0.1, 0.15) is 11.1 Å². The first-order valence-corrected chi connectivity index (χ1v) is 6.79. The number of amides is 2. The first-order valence-electron chi connectivity index (χ1n) is 5.91. The van der Waals surface area contributed by atoms with Gasteiger partial charge < -0.3 is 10.4 Å². The van der Waals surface area contributed by atoms with Gasteiger partial charge in [0.2, 0.25) is 0 Å². The number of anilines is 2. The highest BCUT2D eigenvalue weighted by Gasteiger charge is 2.15. The molecule has 1 aromatic heterocycles. The number of nitriles is 1. The molecule has 0 aliphatic rings. The second-order valence-electron chi connectivity index (χ2n) is 4.16. The third-order valence-corrected chi connectivity index (χ3v) is 3.59. The topological polar surface area (TPSA) is 102 Å². The molecule has 106 valence electrons. The van der Waals surface area contributed by atoms with Gasteiger partial charge in [0.05, 0.1) is 16.8 Å². The van der Waals surface area contributed by atoms with Crippen LogP contribution < -0.4 is 10.6 Å². The van der Waals surface area contributed by atoms with E-state index in [1.807, 2.05) is 6.07 Å². The number of carboxylic acid groups (broad SMARTS) is 1. The number of carbonyl (C=O) groups is 2. The van der Waals surface area contributed by atoms with Gasteiger partial charge >= 0.3 is 12.0 Å². The Kier molecular flexibility index (Phi) is 4.21. The van der Waals surface area contributed by atoms with Gasteiger partial charge in [0.25, 0.3) is 0 Å². The summed E-state index contributed by atoms with van der Waals surface area (Å²) in [5.41, 5.74) is 1.53. The lowest BCUT2D eigenvalue weighted by Gasteiger charge is -2.09. The SMILES string of the molecule is Cc1cccc(NC(=O)Nc2sccc2C(=O)O)c1C#N. The lowest BCUT2D eigenvalue weighted by atomic mass is 10.1. The smallest absolute Gasteiger partial charge is 0.338 e. The van der Waals surface area contributed by atoms with Crippen molar-refractivity contribution in [3.05, 3.63) is 46.3 Å². The molecule has 0 unspecified atom stereocenters. The number of hydrogen-bond donors (Lipinski definition) is 3. The predicted molar refractivity (Wildman–Crippen MR) is 79.8 cm³/mol. The predicted octanol–water partition coefficient (Wildman–Crippen LogP) is 3.27. The molecule has 0 radical (unpaired) electrons. The number of nitrogens with one attached hydrogen (secondary N) is 2. The molecule has 1 aromatic carbocycles. The van der Waals surface area contributed by atoms with Gasteiger partial charge in [-0.05, 0) is 30.0 Å². The Morgan fingerprint density at radius 3 is 2.71 bits per heavy atom. The van der Waals surface area contributed by atoms with Crippen LogP contribution in [0.1, 0.15) is 21.5 Å². The second kappa shape index (κ2) is 6.07. The number of nitrogens with zero attached hydrogens (tertiary/aromatic N) is 1. The lowest BCUT2D eigenvalue weighted by molar-refractivity contribution is 0.0698. The minimum absolute atomic E-state index is 0.0277. The first-order chi connectivity index (χ1) is 10.0. The largest absolute Gasteiger partial charge is 0.478 e. The molecule has 0 saturated heterocycles. The van der Waals surface area contributed by atoms with Crippen LogP contribution in [0.15, 0.2) is 29.6 Å². The normalized spacial score (nSPS) is 9.71. The Morgan fingerprint density at radius 2 is 2.05 bits per heavy atom. The number of urea groups is 1. The minimum Gasteiger partial charge on any atom is -0.478 e. The molecule has 0 spiro atoms. The van der Waals surface area contributed by atoms with Gasteiger partial charge in [-0.1, -0.05) is 12.1 Å². The third kappa shape index (κ3) is 3.19. The number of rotatable bonds is 3. The molecule has 2 aromatic rings. The Morgan fingerprint density at radius 1 is 1.29 bits per heavy atom. The van der Waals surface area contributed by atoms with Crippen LogP contribution >= 0.6 is 11.3 Å². The van der Waals surface area contributed by atoms with Gasteiger partial charge in [0.15, 0.2) is 0 Å². The van der Waals surface area contributed by atoms with Crippen molar-refractivity contribution in [2.24, 2.45) is 0 Å². The number of benzene rings is 1. The highest BCUT2D eigenvalue weighted by atomic mass is 32.1. The molecule has 6 nitrogen and oxygen atoms in total. The van der Waals surface area contributed by atoms with Crippen LogP contribution in [0.4, 0.5) is 15.5 Å². The van der Waals surface area contributed by atoms with Crippen LogP contribution in [0.3, 0.4) is 0 Å². The Balaban J connectivity index is 2.16. The molecular formula is C14H11N3O3S. The zero-order valence-corrected chi connectivity index (χ0v) is 11.8. The first kappa shape index (κ1) is 14.6. The van der Waals surface area contributed by atoms with Gasteiger partial charge in [-0.25, -0.2) is 9.59 Å². The fourth-order valence-electron chi connectivity index (χ4n) is 1.75. The van der Waals surface area contributed by atoms with Crippen molar-refractivity contribution in [2.75, 3.05) is 10.6 Å². The molecule has 0 aliphatic carbocycles. The van der Waals surface area contributed by atoms with Crippen LogP contribution in [0.2, 0.25) is 0 Å². The fourth-order valence-corrected chi connectivity index (χ4v) is 2.53. The highest BCUT2D eigenvalue weighted by molar-refractivity contribution is 7.14. The van der Waals surface area contributed by atoms with Gasteiger partial charge in [-0.3, -0.25) is 5.32 Å². The van der Waals surface area contributed by atoms with E-state index in [1.54, 1.807) is 30.5 Å². The summed E-state index contributed by atoms with van der Waals surface area (Å²) in [6, 6.07) is 7.94. The number of thiophene rings is 1. The fraction of sp³-hybridized carbons (Fsp3) is 0.0714. The Bertz CT molecular complexity index is 746. The van der Waals surface area contributed by atoms with Crippen molar-refractivity contribution in [1.29, 1.82) is 5.26 Å². The molecule has 0 aliphatic heterocycles. The monoisotopic (exact) mass is 301 g/mol. The molecule has 0 fully saturated rings. The van der Waals surface area contributed by atoms with E-state index in [0.29, 0.717) is 11.3 Å². The molecule has 0 saturated carbocycles. The molecule has 3 N–H and O–H groups in total. The summed E-state index contributed by atoms with van der Waals surface area (Å²) in [6.45, 7) is 1.77. The van der Waals surface area contributed by atoms with E-state index >= 15 is 0 Å². The van der Waals surface area contributed by atoms with Crippen molar-refractivity contribution < 1.29 is 14.7 Å². The maximum absolute atomic E-state index is 11.9. The molecule has 1 heterocycles. The zero-order chi connectivity index (χ0) is 15.4. The average Bonchev–Trinajstić information content (AvgIpc) is 2.87. The number of hydrogen-bond acceptors (Lipinski definition) is 4. The summed E-state index contributed by atoms with van der Waals surface area (Å²) in [5, 5.41) is 24.9. The van der Waals surface area contributed by atoms with E-state index in [1.165, 1.54) is 6.07 Å². The Labute approximate surface area is 124 Å². The van der Waals surface area contributed by atoms with Gasteiger partial charge in [-0.15, -0.1) is 11.3 Å². The number of aromatic carboxylic acids is 1. The average molecular weight is 301 g/mol. The van der Waals surface area contributed by atoms with Crippen molar-refractivity contribution in [1.82, 2.24) is 0 Å². The van der Waals surface area contributed by atoms with Crippen LogP contribution in [-0.2, 0) is 0 Å². The van der Waals surface area contributed by atoms with Crippen LogP contribution in [0, 0.1) is 18.3 Å². The van der Waals surface area contributed by atoms with E-state index in [-0.39, 0.29) is 10.6 Å². The molecule has 0 atom stereocenters. The molecule has 2 rings (SSSR count). The molecule has 2 amide bonds. The van der Waals surface area contributed by atoms with E-state index in [0.717, 1.165) is 16.9 Å². The van der Waals surface area contributed by atoms with E-state index in [2.05, 4.69) is 10.6 Å². The summed E-state index contributed by atoms with van der Waals surface area (Å²) in [5.74, 6) is -1.11. The van der Waals surface area contributed by atoms with E-state index in [9.17, 15) is 9.59 Å². The van der Waals surface area contributed by atoms with Gasteiger partial charge in [-0.2, -0.15) is 5.26 Å². The highest BCUT2D eigenvalue weighted by Crippen LogP contribution is 2.24. The summed E-state index contributed by atoms with van der Waals surface area (Å²) >= 11 is 1.11.